The molecule has 2 heterocycles. The van der Waals surface area contributed by atoms with E-state index < -0.39 is 5.92 Å². The Hall–Kier alpha value is -2.44. The van der Waals surface area contributed by atoms with Crippen LogP contribution in [0.4, 0.5) is 10.8 Å². The number of nitrogens with zero attached hydrogens (tertiary/aromatic N) is 2. The molecule has 3 aromatic rings. The van der Waals surface area contributed by atoms with E-state index in [0.29, 0.717) is 16.7 Å². The molecule has 1 aromatic heterocycles. The van der Waals surface area contributed by atoms with Crippen LogP contribution < -0.4 is 10.2 Å². The number of hydrogen-bond donors (Lipinski definition) is 1. The van der Waals surface area contributed by atoms with Gasteiger partial charge >= 0.3 is 0 Å². The van der Waals surface area contributed by atoms with Crippen LogP contribution in [0.3, 0.4) is 0 Å². The van der Waals surface area contributed by atoms with E-state index in [1.165, 1.54) is 11.3 Å². The minimum atomic E-state index is -0.396. The van der Waals surface area contributed by atoms with Crippen molar-refractivity contribution in [1.82, 2.24) is 4.98 Å². The summed E-state index contributed by atoms with van der Waals surface area (Å²) in [5.41, 5.74) is 2.77. The number of nitrogens with one attached hydrogen (secondary N) is 1. The first kappa shape index (κ1) is 17.0. The summed E-state index contributed by atoms with van der Waals surface area (Å²) in [7, 11) is 0. The quantitative estimate of drug-likeness (QED) is 0.733. The Balaban J connectivity index is 1.48. The molecule has 1 aliphatic heterocycles. The number of anilines is 2. The number of hydrogen-bond acceptors (Lipinski definition) is 4. The van der Waals surface area contributed by atoms with Crippen LogP contribution in [0.25, 0.3) is 10.2 Å². The minimum Gasteiger partial charge on any atom is -0.312 e. The standard InChI is InChI=1S/C19H16ClN3O2S/c1-11-2-7-15-16(8-11)26-19(21-15)22-18(25)12-9-17(24)23(10-12)14-5-3-13(20)4-6-14/h2-8,12H,9-10H2,1H3,(H,21,22,25). The largest absolute Gasteiger partial charge is 0.312 e. The third-order valence-corrected chi connectivity index (χ3v) is 5.59. The molecule has 1 aliphatic rings. The zero-order valence-electron chi connectivity index (χ0n) is 14.0. The lowest BCUT2D eigenvalue weighted by Crippen LogP contribution is -2.28. The number of carbonyl (C=O) groups is 2. The van der Waals surface area contributed by atoms with Crippen molar-refractivity contribution in [2.75, 3.05) is 16.8 Å². The van der Waals surface area contributed by atoms with E-state index >= 15 is 0 Å². The summed E-state index contributed by atoms with van der Waals surface area (Å²) in [5, 5.41) is 4.04. The van der Waals surface area contributed by atoms with Gasteiger partial charge in [0, 0.05) is 23.7 Å². The number of benzene rings is 2. The maximum absolute atomic E-state index is 12.6. The van der Waals surface area contributed by atoms with E-state index in [9.17, 15) is 9.59 Å². The Morgan fingerprint density at radius 3 is 2.81 bits per heavy atom. The van der Waals surface area contributed by atoms with Crippen molar-refractivity contribution >= 4 is 55.8 Å². The molecule has 0 bridgehead atoms. The molecule has 1 saturated heterocycles. The summed E-state index contributed by atoms with van der Waals surface area (Å²) in [6.07, 6.45) is 0.193. The topological polar surface area (TPSA) is 62.3 Å². The molecule has 1 N–H and O–H groups in total. The lowest BCUT2D eigenvalue weighted by atomic mass is 10.1. The van der Waals surface area contributed by atoms with Crippen LogP contribution in [0.5, 0.6) is 0 Å². The van der Waals surface area contributed by atoms with Crippen LogP contribution in [0.2, 0.25) is 5.02 Å². The summed E-state index contributed by atoms with van der Waals surface area (Å²) < 4.78 is 1.03. The normalized spacial score (nSPS) is 17.1. The van der Waals surface area contributed by atoms with Gasteiger partial charge in [0.1, 0.15) is 0 Å². The summed E-state index contributed by atoms with van der Waals surface area (Å²) in [6, 6.07) is 13.0. The van der Waals surface area contributed by atoms with Gasteiger partial charge in [-0.1, -0.05) is 29.0 Å². The molecular weight excluding hydrogens is 370 g/mol. The van der Waals surface area contributed by atoms with E-state index in [1.54, 1.807) is 29.2 Å². The number of carbonyl (C=O) groups excluding carboxylic acids is 2. The summed E-state index contributed by atoms with van der Waals surface area (Å²) >= 11 is 7.34. The Morgan fingerprint density at radius 1 is 1.27 bits per heavy atom. The summed E-state index contributed by atoms with van der Waals surface area (Å²) in [4.78, 5) is 31.0. The highest BCUT2D eigenvalue weighted by Gasteiger charge is 2.35. The Bertz CT molecular complexity index is 1000. The molecule has 1 fully saturated rings. The number of amides is 2. The van der Waals surface area contributed by atoms with Gasteiger partial charge in [0.15, 0.2) is 5.13 Å². The van der Waals surface area contributed by atoms with Gasteiger partial charge in [-0.05, 0) is 48.9 Å². The summed E-state index contributed by atoms with van der Waals surface area (Å²) in [5.74, 6) is -0.634. The lowest BCUT2D eigenvalue weighted by Gasteiger charge is -2.16. The summed E-state index contributed by atoms with van der Waals surface area (Å²) in [6.45, 7) is 2.38. The van der Waals surface area contributed by atoms with Crippen molar-refractivity contribution in [3.05, 3.63) is 53.1 Å². The van der Waals surface area contributed by atoms with Crippen LogP contribution in [-0.2, 0) is 9.59 Å². The van der Waals surface area contributed by atoms with E-state index in [1.807, 2.05) is 25.1 Å². The first-order valence-electron chi connectivity index (χ1n) is 8.23. The highest BCUT2D eigenvalue weighted by atomic mass is 35.5. The molecule has 132 valence electrons. The van der Waals surface area contributed by atoms with Gasteiger partial charge in [0.25, 0.3) is 0 Å². The van der Waals surface area contributed by atoms with E-state index in [0.717, 1.165) is 21.5 Å². The number of rotatable bonds is 3. The molecular formula is C19H16ClN3O2S. The van der Waals surface area contributed by atoms with E-state index in [-0.39, 0.29) is 18.2 Å². The predicted octanol–water partition coefficient (Wildman–Crippen LogP) is 4.25. The van der Waals surface area contributed by atoms with Gasteiger partial charge < -0.3 is 10.2 Å². The SMILES string of the molecule is Cc1ccc2nc(NC(=O)C3CC(=O)N(c4ccc(Cl)cc4)C3)sc2c1. The van der Waals surface area contributed by atoms with E-state index in [2.05, 4.69) is 10.3 Å². The highest BCUT2D eigenvalue weighted by molar-refractivity contribution is 7.22. The Labute approximate surface area is 159 Å². The molecule has 0 spiro atoms. The van der Waals surface area contributed by atoms with E-state index in [4.69, 9.17) is 11.6 Å². The van der Waals surface area contributed by atoms with Gasteiger partial charge in [-0.15, -0.1) is 0 Å². The number of aromatic nitrogens is 1. The van der Waals surface area contributed by atoms with Crippen molar-refractivity contribution in [2.24, 2.45) is 5.92 Å². The second kappa shape index (κ2) is 6.70. The molecule has 0 saturated carbocycles. The molecule has 5 nitrogen and oxygen atoms in total. The van der Waals surface area contributed by atoms with Crippen molar-refractivity contribution in [2.45, 2.75) is 13.3 Å². The number of halogens is 1. The van der Waals surface area contributed by atoms with Gasteiger partial charge in [-0.2, -0.15) is 0 Å². The zero-order valence-corrected chi connectivity index (χ0v) is 15.6. The third kappa shape index (κ3) is 3.30. The van der Waals surface area contributed by atoms with Gasteiger partial charge in [-0.3, -0.25) is 9.59 Å². The first-order chi connectivity index (χ1) is 12.5. The van der Waals surface area contributed by atoms with Gasteiger partial charge in [0.2, 0.25) is 11.8 Å². The highest BCUT2D eigenvalue weighted by Crippen LogP contribution is 2.30. The Kier molecular flexibility index (Phi) is 4.38. The molecule has 1 unspecified atom stereocenters. The predicted molar refractivity (Wildman–Crippen MR) is 105 cm³/mol. The number of aryl methyl sites for hydroxylation is 1. The van der Waals surface area contributed by atoms with Crippen molar-refractivity contribution in [3.8, 4) is 0 Å². The third-order valence-electron chi connectivity index (χ3n) is 4.41. The van der Waals surface area contributed by atoms with Crippen molar-refractivity contribution < 1.29 is 9.59 Å². The van der Waals surface area contributed by atoms with Crippen molar-refractivity contribution in [1.29, 1.82) is 0 Å². The second-order valence-corrected chi connectivity index (χ2v) is 7.83. The first-order valence-corrected chi connectivity index (χ1v) is 9.43. The van der Waals surface area contributed by atoms with Crippen LogP contribution in [-0.4, -0.2) is 23.3 Å². The lowest BCUT2D eigenvalue weighted by molar-refractivity contribution is -0.122. The molecule has 2 amide bonds. The number of fused-ring (bicyclic) bond motifs is 1. The Morgan fingerprint density at radius 2 is 2.04 bits per heavy atom. The molecule has 0 aliphatic carbocycles. The molecule has 7 heteroatoms. The molecule has 0 radical (unpaired) electrons. The maximum atomic E-state index is 12.6. The second-order valence-electron chi connectivity index (χ2n) is 6.36. The monoisotopic (exact) mass is 385 g/mol. The average Bonchev–Trinajstić information content (AvgIpc) is 3.18. The number of thiazole rings is 1. The van der Waals surface area contributed by atoms with Crippen LogP contribution in [0, 0.1) is 12.8 Å². The van der Waals surface area contributed by atoms with Crippen LogP contribution in [0.1, 0.15) is 12.0 Å². The van der Waals surface area contributed by atoms with Gasteiger partial charge in [-0.25, -0.2) is 4.98 Å². The van der Waals surface area contributed by atoms with Crippen LogP contribution in [0.15, 0.2) is 42.5 Å². The molecule has 1 atom stereocenters. The fourth-order valence-electron chi connectivity index (χ4n) is 3.05. The minimum absolute atomic E-state index is 0.0626. The maximum Gasteiger partial charge on any atom is 0.231 e. The zero-order chi connectivity index (χ0) is 18.3. The average molecular weight is 386 g/mol. The smallest absolute Gasteiger partial charge is 0.231 e. The molecule has 26 heavy (non-hydrogen) atoms. The van der Waals surface area contributed by atoms with Crippen LogP contribution >= 0.6 is 22.9 Å². The fraction of sp³-hybridized carbons (Fsp3) is 0.211. The fourth-order valence-corrected chi connectivity index (χ4v) is 4.14. The van der Waals surface area contributed by atoms with Crippen molar-refractivity contribution in [3.63, 3.8) is 0 Å². The molecule has 4 rings (SSSR count). The van der Waals surface area contributed by atoms with Gasteiger partial charge in [0.05, 0.1) is 16.1 Å². The molecule has 2 aromatic carbocycles.